The number of thioether (sulfide) groups is 1. The van der Waals surface area contributed by atoms with E-state index >= 15 is 0 Å². The number of rotatable bonds is 4. The first-order valence-electron chi connectivity index (χ1n) is 7.49. The number of anilines is 1. The van der Waals surface area contributed by atoms with Gasteiger partial charge < -0.3 is 5.32 Å². The lowest BCUT2D eigenvalue weighted by Crippen LogP contribution is -2.36. The zero-order chi connectivity index (χ0) is 18.7. The number of carbonyl (C=O) groups is 3. The molecule has 8 heteroatoms. The Morgan fingerprint density at radius 3 is 2.19 bits per heavy atom. The van der Waals surface area contributed by atoms with E-state index < -0.39 is 35.2 Å². The summed E-state index contributed by atoms with van der Waals surface area (Å²) in [5.74, 6) is -2.03. The second-order valence-corrected chi connectivity index (χ2v) is 6.37. The molecule has 26 heavy (non-hydrogen) atoms. The summed E-state index contributed by atoms with van der Waals surface area (Å²) in [7, 11) is 0. The maximum Gasteiger partial charge on any atom is 0.294 e. The molecule has 132 valence electrons. The highest BCUT2D eigenvalue weighted by molar-refractivity contribution is 8.18. The molecule has 1 fully saturated rings. The first kappa shape index (κ1) is 17.8. The molecule has 0 aliphatic carbocycles. The van der Waals surface area contributed by atoms with Crippen LogP contribution >= 0.6 is 11.8 Å². The van der Waals surface area contributed by atoms with Crippen LogP contribution in [0.1, 0.15) is 5.56 Å². The quantitative estimate of drug-likeness (QED) is 0.830. The van der Waals surface area contributed by atoms with Crippen LogP contribution in [-0.2, 0) is 9.59 Å². The van der Waals surface area contributed by atoms with E-state index in [1.807, 2.05) is 0 Å². The Morgan fingerprint density at radius 2 is 1.58 bits per heavy atom. The van der Waals surface area contributed by atoms with Crippen LogP contribution in [0.25, 0.3) is 6.08 Å². The van der Waals surface area contributed by atoms with E-state index in [0.29, 0.717) is 23.0 Å². The number of nitrogens with zero attached hydrogens (tertiary/aromatic N) is 1. The predicted octanol–water partition coefficient (Wildman–Crippen LogP) is 3.64. The summed E-state index contributed by atoms with van der Waals surface area (Å²) < 4.78 is 25.8. The molecule has 0 aromatic heterocycles. The van der Waals surface area contributed by atoms with Crippen LogP contribution < -0.4 is 5.32 Å². The molecule has 0 atom stereocenters. The van der Waals surface area contributed by atoms with E-state index in [0.717, 1.165) is 4.90 Å². The summed E-state index contributed by atoms with van der Waals surface area (Å²) in [5.41, 5.74) is 0.915. The molecule has 0 radical (unpaired) electrons. The van der Waals surface area contributed by atoms with Crippen molar-refractivity contribution in [1.82, 2.24) is 4.90 Å². The molecule has 0 saturated carbocycles. The van der Waals surface area contributed by atoms with E-state index in [-0.39, 0.29) is 4.91 Å². The number of hydrogen-bond donors (Lipinski definition) is 1. The number of amides is 3. The molecule has 2 aromatic rings. The van der Waals surface area contributed by atoms with Crippen molar-refractivity contribution >= 4 is 40.6 Å². The van der Waals surface area contributed by atoms with Crippen molar-refractivity contribution in [2.24, 2.45) is 0 Å². The Morgan fingerprint density at radius 1 is 1.00 bits per heavy atom. The lowest BCUT2D eigenvalue weighted by Gasteiger charge is -2.12. The summed E-state index contributed by atoms with van der Waals surface area (Å²) in [6.45, 7) is -0.456. The van der Waals surface area contributed by atoms with Gasteiger partial charge in [0.25, 0.3) is 11.1 Å². The van der Waals surface area contributed by atoms with E-state index in [1.54, 1.807) is 0 Å². The van der Waals surface area contributed by atoms with Crippen molar-refractivity contribution in [3.05, 3.63) is 70.6 Å². The molecule has 0 unspecified atom stereocenters. The first-order valence-corrected chi connectivity index (χ1v) is 8.30. The van der Waals surface area contributed by atoms with Gasteiger partial charge in [-0.3, -0.25) is 19.3 Å². The van der Waals surface area contributed by atoms with Crippen LogP contribution in [0.15, 0.2) is 53.4 Å². The summed E-state index contributed by atoms with van der Waals surface area (Å²) in [4.78, 5) is 37.3. The number of halogens is 2. The first-order chi connectivity index (χ1) is 12.4. The Balaban J connectivity index is 1.67. The van der Waals surface area contributed by atoms with Gasteiger partial charge in [0, 0.05) is 5.69 Å². The minimum absolute atomic E-state index is 0.149. The summed E-state index contributed by atoms with van der Waals surface area (Å²) >= 11 is 0.706. The van der Waals surface area contributed by atoms with Crippen LogP contribution in [0, 0.1) is 11.6 Å². The Bertz CT molecular complexity index is 896. The smallest absolute Gasteiger partial charge is 0.294 e. The van der Waals surface area contributed by atoms with Gasteiger partial charge in [-0.1, -0.05) is 12.1 Å². The molecule has 0 spiro atoms. The second-order valence-electron chi connectivity index (χ2n) is 5.37. The summed E-state index contributed by atoms with van der Waals surface area (Å²) in [6, 6.07) is 10.5. The van der Waals surface area contributed by atoms with Gasteiger partial charge in [-0.25, -0.2) is 8.78 Å². The number of hydrogen-bond acceptors (Lipinski definition) is 4. The minimum Gasteiger partial charge on any atom is -0.325 e. The highest BCUT2D eigenvalue weighted by Crippen LogP contribution is 2.32. The van der Waals surface area contributed by atoms with Crippen molar-refractivity contribution in [2.45, 2.75) is 0 Å². The molecule has 1 N–H and O–H groups in total. The molecule has 1 saturated heterocycles. The van der Waals surface area contributed by atoms with Crippen LogP contribution in [0.3, 0.4) is 0 Å². The van der Waals surface area contributed by atoms with Crippen molar-refractivity contribution in [2.75, 3.05) is 11.9 Å². The number of nitrogens with one attached hydrogen (secondary N) is 1. The molecule has 3 rings (SSSR count). The van der Waals surface area contributed by atoms with Crippen LogP contribution in [-0.4, -0.2) is 28.5 Å². The van der Waals surface area contributed by atoms with Gasteiger partial charge in [0.2, 0.25) is 5.91 Å². The largest absolute Gasteiger partial charge is 0.325 e. The van der Waals surface area contributed by atoms with E-state index in [9.17, 15) is 23.2 Å². The monoisotopic (exact) mass is 374 g/mol. The molecule has 1 aliphatic rings. The predicted molar refractivity (Wildman–Crippen MR) is 94.1 cm³/mol. The maximum absolute atomic E-state index is 12.9. The third-order valence-electron chi connectivity index (χ3n) is 3.47. The van der Waals surface area contributed by atoms with Gasteiger partial charge in [-0.2, -0.15) is 0 Å². The third-order valence-corrected chi connectivity index (χ3v) is 4.38. The summed E-state index contributed by atoms with van der Waals surface area (Å²) in [6.07, 6.45) is 1.46. The van der Waals surface area contributed by atoms with Gasteiger partial charge in [0.05, 0.1) is 4.91 Å². The normalized spacial score (nSPS) is 15.6. The van der Waals surface area contributed by atoms with Crippen molar-refractivity contribution in [3.63, 3.8) is 0 Å². The third kappa shape index (κ3) is 4.15. The van der Waals surface area contributed by atoms with Crippen molar-refractivity contribution in [3.8, 4) is 0 Å². The molecular weight excluding hydrogens is 362 g/mol. The second kappa shape index (κ2) is 7.49. The standard InChI is InChI=1S/C18H12F2N2O3S/c19-12-3-1-11(2-4-12)9-15-17(24)22(18(25)26-15)10-16(23)21-14-7-5-13(20)6-8-14/h1-9H,10H2,(H,21,23)/b15-9-. The van der Waals surface area contributed by atoms with Crippen molar-refractivity contribution in [1.29, 1.82) is 0 Å². The lowest BCUT2D eigenvalue weighted by molar-refractivity contribution is -0.127. The van der Waals surface area contributed by atoms with Crippen LogP contribution in [0.4, 0.5) is 19.3 Å². The SMILES string of the molecule is O=C(CN1C(=O)S/C(=C\c2ccc(F)cc2)C1=O)Nc1ccc(F)cc1. The molecule has 1 heterocycles. The number of imide groups is 1. The molecule has 1 aliphatic heterocycles. The fraction of sp³-hybridized carbons (Fsp3) is 0.0556. The minimum atomic E-state index is -0.599. The molecule has 5 nitrogen and oxygen atoms in total. The van der Waals surface area contributed by atoms with Gasteiger partial charge in [-0.15, -0.1) is 0 Å². The molecule has 3 amide bonds. The van der Waals surface area contributed by atoms with E-state index in [2.05, 4.69) is 5.32 Å². The maximum atomic E-state index is 12.9. The van der Waals surface area contributed by atoms with Crippen LogP contribution in [0.2, 0.25) is 0 Å². The molecular formula is C18H12F2N2O3S. The average molecular weight is 374 g/mol. The fourth-order valence-electron chi connectivity index (χ4n) is 2.22. The molecule has 2 aromatic carbocycles. The van der Waals surface area contributed by atoms with Crippen LogP contribution in [0.5, 0.6) is 0 Å². The number of benzene rings is 2. The van der Waals surface area contributed by atoms with Gasteiger partial charge in [0.1, 0.15) is 18.2 Å². The number of carbonyl (C=O) groups excluding carboxylic acids is 3. The van der Waals surface area contributed by atoms with Gasteiger partial charge in [0.15, 0.2) is 0 Å². The zero-order valence-corrected chi connectivity index (χ0v) is 14.1. The molecule has 0 bridgehead atoms. The fourth-order valence-corrected chi connectivity index (χ4v) is 3.06. The average Bonchev–Trinajstić information content (AvgIpc) is 2.86. The Labute approximate surface area is 151 Å². The van der Waals surface area contributed by atoms with E-state index in [4.69, 9.17) is 0 Å². The topological polar surface area (TPSA) is 66.5 Å². The van der Waals surface area contributed by atoms with Gasteiger partial charge in [-0.05, 0) is 59.8 Å². The Hall–Kier alpha value is -3.00. The zero-order valence-electron chi connectivity index (χ0n) is 13.2. The summed E-state index contributed by atoms with van der Waals surface area (Å²) in [5, 5.41) is 1.91. The highest BCUT2D eigenvalue weighted by Gasteiger charge is 2.36. The van der Waals surface area contributed by atoms with Crippen molar-refractivity contribution < 1.29 is 23.2 Å². The lowest BCUT2D eigenvalue weighted by atomic mass is 10.2. The van der Waals surface area contributed by atoms with Gasteiger partial charge >= 0.3 is 0 Å². The van der Waals surface area contributed by atoms with E-state index in [1.165, 1.54) is 54.6 Å². The Kier molecular flexibility index (Phi) is 5.13. The highest BCUT2D eigenvalue weighted by atomic mass is 32.2.